The molecule has 1 saturated heterocycles. The van der Waals surface area contributed by atoms with Gasteiger partial charge in [0.1, 0.15) is 0 Å². The number of nitrogens with zero attached hydrogens (tertiary/aromatic N) is 2. The van der Waals surface area contributed by atoms with Crippen molar-refractivity contribution >= 4 is 27.5 Å². The molecule has 0 aromatic heterocycles. The number of anilines is 1. The molecule has 1 aliphatic rings. The van der Waals surface area contributed by atoms with Crippen LogP contribution < -0.4 is 4.90 Å². The molecule has 3 rings (SSSR count). The number of amides is 1. The summed E-state index contributed by atoms with van der Waals surface area (Å²) in [7, 11) is -3.08. The summed E-state index contributed by atoms with van der Waals surface area (Å²) in [5.41, 5.74) is 3.08. The largest absolute Gasteiger partial charge is 0.372 e. The summed E-state index contributed by atoms with van der Waals surface area (Å²) < 4.78 is 24.0. The van der Waals surface area contributed by atoms with Crippen LogP contribution in [0.15, 0.2) is 60.7 Å². The van der Waals surface area contributed by atoms with Gasteiger partial charge < -0.3 is 9.80 Å². The van der Waals surface area contributed by atoms with Gasteiger partial charge >= 0.3 is 0 Å². The second-order valence-electron chi connectivity index (χ2n) is 7.61. The van der Waals surface area contributed by atoms with E-state index in [4.69, 9.17) is 0 Å². The highest BCUT2D eigenvalue weighted by molar-refractivity contribution is 7.91. The summed E-state index contributed by atoms with van der Waals surface area (Å²) in [5, 5.41) is 0. The Morgan fingerprint density at radius 1 is 1.03 bits per heavy atom. The first-order valence-electron chi connectivity index (χ1n) is 10.5. The van der Waals surface area contributed by atoms with Gasteiger partial charge in [-0.15, -0.1) is 0 Å². The average Bonchev–Trinajstić information content (AvgIpc) is 3.12. The molecule has 1 aliphatic heterocycles. The maximum atomic E-state index is 13.0. The minimum absolute atomic E-state index is 0.0372. The van der Waals surface area contributed by atoms with E-state index in [-0.39, 0.29) is 23.5 Å². The fourth-order valence-electron chi connectivity index (χ4n) is 3.83. The summed E-state index contributed by atoms with van der Waals surface area (Å²) in [6.07, 6.45) is 3.82. The van der Waals surface area contributed by atoms with Gasteiger partial charge in [0.05, 0.1) is 11.5 Å². The van der Waals surface area contributed by atoms with Crippen LogP contribution in [0.2, 0.25) is 0 Å². The van der Waals surface area contributed by atoms with E-state index in [0.717, 1.165) is 29.9 Å². The summed E-state index contributed by atoms with van der Waals surface area (Å²) in [6.45, 7) is 6.51. The van der Waals surface area contributed by atoms with Crippen molar-refractivity contribution in [1.82, 2.24) is 4.90 Å². The molecule has 0 saturated carbocycles. The van der Waals surface area contributed by atoms with E-state index in [1.54, 1.807) is 17.1 Å². The van der Waals surface area contributed by atoms with Crippen LogP contribution >= 0.6 is 0 Å². The molecule has 1 amide bonds. The van der Waals surface area contributed by atoms with Crippen LogP contribution in [0.1, 0.15) is 31.4 Å². The second kappa shape index (κ2) is 9.94. The molecule has 2 aromatic rings. The van der Waals surface area contributed by atoms with Gasteiger partial charge in [0.25, 0.3) is 0 Å². The van der Waals surface area contributed by atoms with Crippen molar-refractivity contribution in [2.75, 3.05) is 29.5 Å². The predicted octanol–water partition coefficient (Wildman–Crippen LogP) is 3.76. The van der Waals surface area contributed by atoms with E-state index in [1.807, 2.05) is 42.5 Å². The molecule has 5 nitrogen and oxygen atoms in total. The molecular formula is C24H30N2O3S. The topological polar surface area (TPSA) is 57.7 Å². The van der Waals surface area contributed by atoms with Gasteiger partial charge in [0, 0.05) is 37.4 Å². The van der Waals surface area contributed by atoms with Gasteiger partial charge in [-0.1, -0.05) is 42.5 Å². The third-order valence-corrected chi connectivity index (χ3v) is 7.32. The third kappa shape index (κ3) is 5.72. The quantitative estimate of drug-likeness (QED) is 0.603. The monoisotopic (exact) mass is 426 g/mol. The third-order valence-electron chi connectivity index (χ3n) is 5.57. The van der Waals surface area contributed by atoms with Crippen molar-refractivity contribution in [3.8, 4) is 0 Å². The molecule has 30 heavy (non-hydrogen) atoms. The fraction of sp³-hybridized carbons (Fsp3) is 0.375. The van der Waals surface area contributed by atoms with Crippen LogP contribution in [-0.2, 0) is 21.2 Å². The van der Waals surface area contributed by atoms with Crippen molar-refractivity contribution in [2.45, 2.75) is 32.9 Å². The number of sulfone groups is 1. The lowest BCUT2D eigenvalue weighted by molar-refractivity contribution is -0.128. The molecule has 0 spiro atoms. The van der Waals surface area contributed by atoms with Gasteiger partial charge in [-0.2, -0.15) is 0 Å². The van der Waals surface area contributed by atoms with Crippen molar-refractivity contribution in [3.63, 3.8) is 0 Å². The molecule has 1 atom stereocenters. The van der Waals surface area contributed by atoms with Gasteiger partial charge in [0.2, 0.25) is 5.91 Å². The van der Waals surface area contributed by atoms with E-state index in [9.17, 15) is 13.2 Å². The lowest BCUT2D eigenvalue weighted by Gasteiger charge is -2.28. The predicted molar refractivity (Wildman–Crippen MR) is 123 cm³/mol. The molecule has 1 heterocycles. The molecule has 2 aromatic carbocycles. The standard InChI is InChI=1S/C24H30N2O3S/c1-3-25(4-2)22-13-10-21(11-14-22)18-26(23-16-17-30(28,29)19-23)24(27)15-12-20-8-6-5-7-9-20/h5-15,23H,3-4,16-19H2,1-2H3/b15-12+. The normalized spacial score (nSPS) is 17.9. The zero-order valence-electron chi connectivity index (χ0n) is 17.7. The van der Waals surface area contributed by atoms with Crippen LogP contribution in [0.25, 0.3) is 6.08 Å². The highest BCUT2D eigenvalue weighted by atomic mass is 32.2. The molecule has 0 bridgehead atoms. The lowest BCUT2D eigenvalue weighted by atomic mass is 10.1. The van der Waals surface area contributed by atoms with Crippen LogP contribution in [0.5, 0.6) is 0 Å². The molecule has 1 unspecified atom stereocenters. The van der Waals surface area contributed by atoms with E-state index in [1.165, 1.54) is 0 Å². The van der Waals surface area contributed by atoms with Crippen LogP contribution in [0.3, 0.4) is 0 Å². The highest BCUT2D eigenvalue weighted by Crippen LogP contribution is 2.22. The summed E-state index contributed by atoms with van der Waals surface area (Å²) >= 11 is 0. The molecule has 6 heteroatoms. The van der Waals surface area contributed by atoms with Gasteiger partial charge in [0.15, 0.2) is 9.84 Å². The number of carbonyl (C=O) groups excluding carboxylic acids is 1. The number of hydrogen-bond donors (Lipinski definition) is 0. The van der Waals surface area contributed by atoms with Crippen molar-refractivity contribution in [2.24, 2.45) is 0 Å². The molecule has 1 fully saturated rings. The number of benzene rings is 2. The fourth-order valence-corrected chi connectivity index (χ4v) is 5.56. The highest BCUT2D eigenvalue weighted by Gasteiger charge is 2.34. The van der Waals surface area contributed by atoms with Gasteiger partial charge in [-0.05, 0) is 49.6 Å². The smallest absolute Gasteiger partial charge is 0.247 e. The lowest BCUT2D eigenvalue weighted by Crippen LogP contribution is -2.39. The van der Waals surface area contributed by atoms with E-state index >= 15 is 0 Å². The Morgan fingerprint density at radius 3 is 2.27 bits per heavy atom. The number of hydrogen-bond acceptors (Lipinski definition) is 4. The Labute approximate surface area is 179 Å². The Balaban J connectivity index is 1.79. The average molecular weight is 427 g/mol. The Bertz CT molecular complexity index is 965. The minimum atomic E-state index is -3.08. The van der Waals surface area contributed by atoms with Crippen molar-refractivity contribution in [3.05, 3.63) is 71.8 Å². The summed E-state index contributed by atoms with van der Waals surface area (Å²) in [5.74, 6) is 0.0222. The van der Waals surface area contributed by atoms with Crippen LogP contribution in [0, 0.1) is 0 Å². The maximum absolute atomic E-state index is 13.0. The number of rotatable bonds is 8. The van der Waals surface area contributed by atoms with Crippen LogP contribution in [-0.4, -0.2) is 49.9 Å². The van der Waals surface area contributed by atoms with Crippen molar-refractivity contribution in [1.29, 1.82) is 0 Å². The Kier molecular flexibility index (Phi) is 7.32. The molecule has 160 valence electrons. The van der Waals surface area contributed by atoms with E-state index < -0.39 is 9.84 Å². The first kappa shape index (κ1) is 22.1. The zero-order chi connectivity index (χ0) is 21.6. The molecule has 0 N–H and O–H groups in total. The SMILES string of the molecule is CCN(CC)c1ccc(CN(C(=O)/C=C/c2ccccc2)C2CCS(=O)(=O)C2)cc1. The second-order valence-corrected chi connectivity index (χ2v) is 9.83. The first-order valence-corrected chi connectivity index (χ1v) is 12.3. The maximum Gasteiger partial charge on any atom is 0.247 e. The van der Waals surface area contributed by atoms with Crippen LogP contribution in [0.4, 0.5) is 5.69 Å². The van der Waals surface area contributed by atoms with Gasteiger partial charge in [-0.25, -0.2) is 8.42 Å². The molecule has 0 aliphatic carbocycles. The molecule has 0 radical (unpaired) electrons. The summed E-state index contributed by atoms with van der Waals surface area (Å²) in [4.78, 5) is 17.0. The Morgan fingerprint density at radius 2 is 1.70 bits per heavy atom. The first-order chi connectivity index (χ1) is 14.4. The summed E-state index contributed by atoms with van der Waals surface area (Å²) in [6, 6.07) is 17.5. The zero-order valence-corrected chi connectivity index (χ0v) is 18.5. The molecular weight excluding hydrogens is 396 g/mol. The Hall–Kier alpha value is -2.60. The van der Waals surface area contributed by atoms with Gasteiger partial charge in [-0.3, -0.25) is 4.79 Å². The van der Waals surface area contributed by atoms with E-state index in [2.05, 4.69) is 30.9 Å². The minimum Gasteiger partial charge on any atom is -0.372 e. The van der Waals surface area contributed by atoms with Crippen molar-refractivity contribution < 1.29 is 13.2 Å². The van der Waals surface area contributed by atoms with E-state index in [0.29, 0.717) is 13.0 Å². The number of carbonyl (C=O) groups is 1.